The number of nitrogens with zero attached hydrogens (tertiary/aromatic N) is 2. The predicted molar refractivity (Wildman–Crippen MR) is 92.0 cm³/mol. The van der Waals surface area contributed by atoms with Gasteiger partial charge in [0.25, 0.3) is 0 Å². The highest BCUT2D eigenvalue weighted by Gasteiger charge is 2.25. The van der Waals surface area contributed by atoms with E-state index in [0.29, 0.717) is 32.0 Å². The molecule has 1 heterocycles. The molecule has 0 bridgehead atoms. The summed E-state index contributed by atoms with van der Waals surface area (Å²) >= 11 is 12.1. The van der Waals surface area contributed by atoms with E-state index in [1.165, 1.54) is 7.11 Å². The number of halogens is 2. The van der Waals surface area contributed by atoms with E-state index >= 15 is 0 Å². The molecule has 122 valence electrons. The van der Waals surface area contributed by atoms with E-state index in [-0.39, 0.29) is 17.1 Å². The quantitative estimate of drug-likeness (QED) is 0.308. The van der Waals surface area contributed by atoms with Gasteiger partial charge in [-0.15, -0.1) is 11.6 Å². The summed E-state index contributed by atoms with van der Waals surface area (Å²) in [7, 11) is 1.28. The number of benzene rings is 2. The molecule has 0 aliphatic rings. The lowest BCUT2D eigenvalue weighted by atomic mass is 10.0. The summed E-state index contributed by atoms with van der Waals surface area (Å²) in [5.74, 6) is -0.550. The second-order valence-electron chi connectivity index (χ2n) is 4.98. The Kier molecular flexibility index (Phi) is 4.55. The van der Waals surface area contributed by atoms with Crippen LogP contribution in [0.25, 0.3) is 22.3 Å². The Morgan fingerprint density at radius 1 is 1.25 bits per heavy atom. The standard InChI is InChI=1S/C17H12Cl2N2O3/c1-24-17(22)11-6-3-2-5-10(11)16-13(9-18)20-15-12(19)7-4-8-14(15)21(16)23/h2-8H,9H2,1H3. The fourth-order valence-corrected chi connectivity index (χ4v) is 2.94. The van der Waals surface area contributed by atoms with Crippen LogP contribution >= 0.6 is 23.2 Å². The molecule has 0 aliphatic carbocycles. The molecule has 5 nitrogen and oxygen atoms in total. The van der Waals surface area contributed by atoms with Crippen molar-refractivity contribution >= 4 is 40.2 Å². The van der Waals surface area contributed by atoms with Crippen LogP contribution in [0.1, 0.15) is 16.1 Å². The number of para-hydroxylation sites is 1. The molecular formula is C17H12Cl2N2O3. The van der Waals surface area contributed by atoms with E-state index in [4.69, 9.17) is 27.9 Å². The first-order valence-corrected chi connectivity index (χ1v) is 7.94. The second-order valence-corrected chi connectivity index (χ2v) is 5.65. The molecule has 3 rings (SSSR count). The van der Waals surface area contributed by atoms with Crippen LogP contribution in [-0.4, -0.2) is 18.1 Å². The second kappa shape index (κ2) is 6.63. The highest BCUT2D eigenvalue weighted by Crippen LogP contribution is 2.28. The molecule has 0 N–H and O–H groups in total. The topological polar surface area (TPSA) is 66.1 Å². The third kappa shape index (κ3) is 2.66. The summed E-state index contributed by atoms with van der Waals surface area (Å²) in [6, 6.07) is 11.6. The van der Waals surface area contributed by atoms with E-state index in [2.05, 4.69) is 4.98 Å². The van der Waals surface area contributed by atoms with Crippen molar-refractivity contribution in [1.82, 2.24) is 4.98 Å². The van der Waals surface area contributed by atoms with Gasteiger partial charge >= 0.3 is 5.97 Å². The number of aromatic nitrogens is 2. The number of hydrogen-bond donors (Lipinski definition) is 0. The van der Waals surface area contributed by atoms with E-state index in [9.17, 15) is 10.0 Å². The number of methoxy groups -OCH3 is 1. The Balaban J connectivity index is 2.39. The molecule has 0 aliphatic heterocycles. The van der Waals surface area contributed by atoms with Gasteiger partial charge in [0.2, 0.25) is 11.2 Å². The van der Waals surface area contributed by atoms with Crippen molar-refractivity contribution in [2.45, 2.75) is 5.88 Å². The Bertz CT molecular complexity index is 945. The predicted octanol–water partition coefficient (Wildman–Crippen LogP) is 3.71. The van der Waals surface area contributed by atoms with Gasteiger partial charge in [0.1, 0.15) is 5.69 Å². The molecule has 0 radical (unpaired) electrons. The van der Waals surface area contributed by atoms with Gasteiger partial charge < -0.3 is 9.94 Å². The number of rotatable bonds is 3. The van der Waals surface area contributed by atoms with Crippen LogP contribution in [0.3, 0.4) is 0 Å². The monoisotopic (exact) mass is 362 g/mol. The Morgan fingerprint density at radius 3 is 2.71 bits per heavy atom. The van der Waals surface area contributed by atoms with E-state index in [1.54, 1.807) is 42.5 Å². The summed E-state index contributed by atoms with van der Waals surface area (Å²) < 4.78 is 5.50. The molecule has 2 aromatic carbocycles. The number of alkyl halides is 1. The summed E-state index contributed by atoms with van der Waals surface area (Å²) in [6.07, 6.45) is 0. The average molecular weight is 363 g/mol. The lowest BCUT2D eigenvalue weighted by molar-refractivity contribution is -0.565. The van der Waals surface area contributed by atoms with Crippen LogP contribution in [0, 0.1) is 5.21 Å². The highest BCUT2D eigenvalue weighted by atomic mass is 35.5. The zero-order chi connectivity index (χ0) is 17.3. The van der Waals surface area contributed by atoms with Gasteiger partial charge in [-0.05, 0) is 18.2 Å². The van der Waals surface area contributed by atoms with Crippen molar-refractivity contribution in [2.75, 3.05) is 7.11 Å². The molecule has 0 spiro atoms. The molecule has 0 amide bonds. The van der Waals surface area contributed by atoms with Crippen LogP contribution < -0.4 is 4.73 Å². The van der Waals surface area contributed by atoms with Gasteiger partial charge in [0.05, 0.1) is 29.1 Å². The molecule has 24 heavy (non-hydrogen) atoms. The summed E-state index contributed by atoms with van der Waals surface area (Å²) in [5.41, 5.74) is 1.88. The third-order valence-corrected chi connectivity index (χ3v) is 4.18. The first-order chi connectivity index (χ1) is 11.6. The summed E-state index contributed by atoms with van der Waals surface area (Å²) in [6.45, 7) is 0. The molecule has 0 atom stereocenters. The van der Waals surface area contributed by atoms with Crippen molar-refractivity contribution in [3.8, 4) is 11.3 Å². The summed E-state index contributed by atoms with van der Waals surface area (Å²) in [4.78, 5) is 16.4. The van der Waals surface area contributed by atoms with Crippen molar-refractivity contribution in [3.05, 3.63) is 64.0 Å². The number of hydrogen-bond acceptors (Lipinski definition) is 4. The lowest BCUT2D eigenvalue weighted by Crippen LogP contribution is -2.33. The van der Waals surface area contributed by atoms with Crippen LogP contribution in [-0.2, 0) is 10.6 Å². The number of carbonyl (C=O) groups is 1. The van der Waals surface area contributed by atoms with Gasteiger partial charge in [-0.2, -0.15) is 4.73 Å². The van der Waals surface area contributed by atoms with Crippen molar-refractivity contribution < 1.29 is 14.3 Å². The molecule has 0 saturated heterocycles. The van der Waals surface area contributed by atoms with Gasteiger partial charge in [-0.1, -0.05) is 29.8 Å². The fourth-order valence-electron chi connectivity index (χ4n) is 2.54. The van der Waals surface area contributed by atoms with Crippen LogP contribution in [0.4, 0.5) is 0 Å². The molecule has 0 fully saturated rings. The first-order valence-electron chi connectivity index (χ1n) is 7.02. The normalized spacial score (nSPS) is 10.8. The van der Waals surface area contributed by atoms with Crippen molar-refractivity contribution in [1.29, 1.82) is 0 Å². The van der Waals surface area contributed by atoms with Crippen LogP contribution in [0.2, 0.25) is 5.02 Å². The maximum absolute atomic E-state index is 12.9. The minimum absolute atomic E-state index is 0.00571. The van der Waals surface area contributed by atoms with Gasteiger partial charge in [-0.25, -0.2) is 9.78 Å². The maximum atomic E-state index is 12.9. The molecular weight excluding hydrogens is 351 g/mol. The average Bonchev–Trinajstić information content (AvgIpc) is 2.61. The minimum atomic E-state index is -0.544. The Morgan fingerprint density at radius 2 is 2.00 bits per heavy atom. The maximum Gasteiger partial charge on any atom is 0.338 e. The van der Waals surface area contributed by atoms with Crippen LogP contribution in [0.5, 0.6) is 0 Å². The number of ether oxygens (including phenoxy) is 1. The van der Waals surface area contributed by atoms with Gasteiger partial charge in [-0.3, -0.25) is 0 Å². The van der Waals surface area contributed by atoms with Gasteiger partial charge in [0.15, 0.2) is 5.52 Å². The smallest absolute Gasteiger partial charge is 0.338 e. The van der Waals surface area contributed by atoms with Crippen molar-refractivity contribution in [2.24, 2.45) is 0 Å². The number of esters is 1. The van der Waals surface area contributed by atoms with Gasteiger partial charge in [0, 0.05) is 6.07 Å². The number of carbonyl (C=O) groups excluding carboxylic acids is 1. The summed E-state index contributed by atoms with van der Waals surface area (Å²) in [5, 5.41) is 13.3. The molecule has 1 aromatic heterocycles. The van der Waals surface area contributed by atoms with E-state index in [0.717, 1.165) is 0 Å². The third-order valence-electron chi connectivity index (χ3n) is 3.62. The number of fused-ring (bicyclic) bond motifs is 1. The van der Waals surface area contributed by atoms with E-state index in [1.807, 2.05) is 0 Å². The molecule has 7 heteroatoms. The van der Waals surface area contributed by atoms with E-state index < -0.39 is 5.97 Å². The van der Waals surface area contributed by atoms with Crippen LogP contribution in [0.15, 0.2) is 42.5 Å². The molecule has 0 saturated carbocycles. The van der Waals surface area contributed by atoms with Crippen molar-refractivity contribution in [3.63, 3.8) is 0 Å². The zero-order valence-corrected chi connectivity index (χ0v) is 14.1. The minimum Gasteiger partial charge on any atom is -0.618 e. The zero-order valence-electron chi connectivity index (χ0n) is 12.6. The Hall–Kier alpha value is -2.37. The fraction of sp³-hybridized carbons (Fsp3) is 0.118. The molecule has 0 unspecified atom stereocenters. The first kappa shape index (κ1) is 16.5. The Labute approximate surface area is 148 Å². The largest absolute Gasteiger partial charge is 0.618 e. The SMILES string of the molecule is COC(=O)c1ccccc1-c1c(CCl)nc2c(Cl)cccc2[n+]1[O-]. The lowest BCUT2D eigenvalue weighted by Gasteiger charge is -2.13. The highest BCUT2D eigenvalue weighted by molar-refractivity contribution is 6.34. The molecule has 3 aromatic rings.